The van der Waals surface area contributed by atoms with Crippen molar-refractivity contribution in [3.8, 4) is 0 Å². The number of rotatable bonds is 4. The van der Waals surface area contributed by atoms with E-state index in [2.05, 4.69) is 5.32 Å². The fraction of sp³-hybridized carbons (Fsp3) is 0.533. The molecule has 0 bridgehead atoms. The lowest BCUT2D eigenvalue weighted by atomic mass is 10.1. The molecule has 1 aromatic carbocycles. The third-order valence-corrected chi connectivity index (χ3v) is 3.56. The van der Waals surface area contributed by atoms with Crippen LogP contribution in [0.4, 0.5) is 13.6 Å². The number of carbonyl (C=O) groups excluding carboxylic acids is 1. The number of urea groups is 1. The molecule has 5 nitrogen and oxygen atoms in total. The smallest absolute Gasteiger partial charge is 0.318 e. The molecule has 1 aliphatic heterocycles. The van der Waals surface area contributed by atoms with Crippen molar-refractivity contribution < 1.29 is 23.0 Å². The first kappa shape index (κ1) is 16.6. The molecule has 0 aliphatic carbocycles. The third-order valence-electron chi connectivity index (χ3n) is 3.56. The van der Waals surface area contributed by atoms with E-state index < -0.39 is 17.7 Å². The van der Waals surface area contributed by atoms with E-state index in [4.69, 9.17) is 9.47 Å². The van der Waals surface area contributed by atoms with Gasteiger partial charge in [-0.1, -0.05) is 6.07 Å². The minimum atomic E-state index is -0.926. The number of hydrogen-bond donors (Lipinski definition) is 1. The highest BCUT2D eigenvalue weighted by Gasteiger charge is 2.25. The Bertz CT molecular complexity index is 526. The molecular formula is C15H20F2N2O3. The molecule has 1 aliphatic rings. The Kier molecular flexibility index (Phi) is 5.68. The van der Waals surface area contributed by atoms with Gasteiger partial charge in [0.25, 0.3) is 0 Å². The number of benzene rings is 1. The van der Waals surface area contributed by atoms with Crippen LogP contribution in [0.3, 0.4) is 0 Å². The van der Waals surface area contributed by atoms with Crippen molar-refractivity contribution in [2.24, 2.45) is 0 Å². The van der Waals surface area contributed by atoms with Gasteiger partial charge in [0.1, 0.15) is 0 Å². The second-order valence-electron chi connectivity index (χ2n) is 5.24. The fourth-order valence-electron chi connectivity index (χ4n) is 2.33. The number of amides is 2. The van der Waals surface area contributed by atoms with Gasteiger partial charge >= 0.3 is 6.03 Å². The van der Waals surface area contributed by atoms with Gasteiger partial charge in [-0.15, -0.1) is 0 Å². The molecule has 7 heteroatoms. The molecule has 2 atom stereocenters. The third kappa shape index (κ3) is 4.14. The quantitative estimate of drug-likeness (QED) is 0.926. The van der Waals surface area contributed by atoms with Crippen LogP contribution < -0.4 is 5.32 Å². The van der Waals surface area contributed by atoms with Gasteiger partial charge < -0.3 is 19.7 Å². The van der Waals surface area contributed by atoms with Gasteiger partial charge in [-0.05, 0) is 24.6 Å². The lowest BCUT2D eigenvalue weighted by Crippen LogP contribution is -2.51. The van der Waals surface area contributed by atoms with Crippen LogP contribution in [0.15, 0.2) is 18.2 Å². The predicted molar refractivity (Wildman–Crippen MR) is 76.5 cm³/mol. The molecular weight excluding hydrogens is 294 g/mol. The summed E-state index contributed by atoms with van der Waals surface area (Å²) in [4.78, 5) is 13.9. The lowest BCUT2D eigenvalue weighted by Gasteiger charge is -2.33. The van der Waals surface area contributed by atoms with E-state index in [9.17, 15) is 13.6 Å². The first-order valence-electron chi connectivity index (χ1n) is 7.12. The van der Waals surface area contributed by atoms with Crippen LogP contribution in [0, 0.1) is 11.6 Å². The Morgan fingerprint density at radius 2 is 2.27 bits per heavy atom. The molecule has 2 rings (SSSR count). The summed E-state index contributed by atoms with van der Waals surface area (Å²) in [5.74, 6) is -1.83. The molecule has 2 unspecified atom stereocenters. The first-order valence-corrected chi connectivity index (χ1v) is 7.12. The summed E-state index contributed by atoms with van der Waals surface area (Å²) in [7, 11) is 1.58. The van der Waals surface area contributed by atoms with Crippen molar-refractivity contribution in [2.45, 2.75) is 19.1 Å². The van der Waals surface area contributed by atoms with Crippen molar-refractivity contribution in [2.75, 3.05) is 33.4 Å². The summed E-state index contributed by atoms with van der Waals surface area (Å²) >= 11 is 0. The maximum Gasteiger partial charge on any atom is 0.318 e. The Labute approximate surface area is 128 Å². The first-order chi connectivity index (χ1) is 10.5. The minimum absolute atomic E-state index is 0.150. The number of ether oxygens (including phenoxy) is 2. The highest BCUT2D eigenvalue weighted by Crippen LogP contribution is 2.16. The maximum absolute atomic E-state index is 13.2. The number of methoxy groups -OCH3 is 1. The minimum Gasteiger partial charge on any atom is -0.382 e. The zero-order chi connectivity index (χ0) is 16.1. The zero-order valence-electron chi connectivity index (χ0n) is 12.6. The number of hydrogen-bond acceptors (Lipinski definition) is 3. The van der Waals surface area contributed by atoms with Crippen LogP contribution in [0.5, 0.6) is 0 Å². The van der Waals surface area contributed by atoms with Crippen LogP contribution in [-0.2, 0) is 9.47 Å². The van der Waals surface area contributed by atoms with E-state index in [1.165, 1.54) is 6.07 Å². The summed E-state index contributed by atoms with van der Waals surface area (Å²) in [6.45, 7) is 3.50. The van der Waals surface area contributed by atoms with Gasteiger partial charge in [0, 0.05) is 13.7 Å². The molecule has 0 saturated carbocycles. The molecule has 122 valence electrons. The predicted octanol–water partition coefficient (Wildman–Crippen LogP) is 2.08. The normalized spacial score (nSPS) is 19.8. The molecule has 2 amide bonds. The number of nitrogens with zero attached hydrogens (tertiary/aromatic N) is 1. The summed E-state index contributed by atoms with van der Waals surface area (Å²) in [5, 5.41) is 2.78. The second kappa shape index (κ2) is 7.51. The Morgan fingerprint density at radius 1 is 1.50 bits per heavy atom. The molecule has 0 spiro atoms. The number of carbonyl (C=O) groups is 1. The van der Waals surface area contributed by atoms with Gasteiger partial charge in [0.05, 0.1) is 31.9 Å². The van der Waals surface area contributed by atoms with Gasteiger partial charge in [0.2, 0.25) is 0 Å². The van der Waals surface area contributed by atoms with E-state index in [1.54, 1.807) is 18.9 Å². The molecule has 1 aromatic rings. The van der Waals surface area contributed by atoms with Gasteiger partial charge in [0.15, 0.2) is 11.6 Å². The number of halogens is 2. The van der Waals surface area contributed by atoms with Crippen molar-refractivity contribution in [1.29, 1.82) is 0 Å². The Hall–Kier alpha value is -1.73. The average Bonchev–Trinajstić information content (AvgIpc) is 2.50. The number of nitrogens with one attached hydrogen (secondary N) is 1. The molecule has 1 saturated heterocycles. The molecule has 1 fully saturated rings. The van der Waals surface area contributed by atoms with Crippen LogP contribution in [0.1, 0.15) is 18.5 Å². The largest absolute Gasteiger partial charge is 0.382 e. The van der Waals surface area contributed by atoms with Crippen LogP contribution in [-0.4, -0.2) is 50.4 Å². The number of morpholine rings is 1. The molecule has 1 N–H and O–H groups in total. The summed E-state index contributed by atoms with van der Waals surface area (Å²) in [5.41, 5.74) is 0.508. The molecule has 0 radical (unpaired) electrons. The summed E-state index contributed by atoms with van der Waals surface area (Å²) < 4.78 is 36.7. The van der Waals surface area contributed by atoms with Crippen molar-refractivity contribution >= 4 is 6.03 Å². The highest BCUT2D eigenvalue weighted by atomic mass is 19.2. The van der Waals surface area contributed by atoms with Crippen LogP contribution in [0.25, 0.3) is 0 Å². The Morgan fingerprint density at radius 3 is 2.95 bits per heavy atom. The van der Waals surface area contributed by atoms with E-state index >= 15 is 0 Å². The topological polar surface area (TPSA) is 50.8 Å². The van der Waals surface area contributed by atoms with E-state index in [-0.39, 0.29) is 12.1 Å². The van der Waals surface area contributed by atoms with Crippen molar-refractivity contribution in [3.63, 3.8) is 0 Å². The lowest BCUT2D eigenvalue weighted by molar-refractivity contribution is -0.0496. The standard InChI is InChI=1S/C15H20F2N2O3/c1-10(11-3-4-13(16)14(17)7-11)18-15(20)19-5-6-22-12(8-19)9-21-2/h3-4,7,10,12H,5-6,8-9H2,1-2H3,(H,18,20). The second-order valence-corrected chi connectivity index (χ2v) is 5.24. The monoisotopic (exact) mass is 314 g/mol. The highest BCUT2D eigenvalue weighted by molar-refractivity contribution is 5.74. The SMILES string of the molecule is COCC1CN(C(=O)NC(C)c2ccc(F)c(F)c2)CCO1. The average molecular weight is 314 g/mol. The molecule has 1 heterocycles. The summed E-state index contributed by atoms with van der Waals surface area (Å²) in [6.07, 6.45) is -0.150. The zero-order valence-corrected chi connectivity index (χ0v) is 12.6. The van der Waals surface area contributed by atoms with Gasteiger partial charge in [-0.3, -0.25) is 0 Å². The molecule has 22 heavy (non-hydrogen) atoms. The van der Waals surface area contributed by atoms with Crippen molar-refractivity contribution in [1.82, 2.24) is 10.2 Å². The van der Waals surface area contributed by atoms with E-state index in [0.29, 0.717) is 31.9 Å². The van der Waals surface area contributed by atoms with Gasteiger partial charge in [-0.25, -0.2) is 13.6 Å². The maximum atomic E-state index is 13.2. The van der Waals surface area contributed by atoms with E-state index in [1.807, 2.05) is 0 Å². The van der Waals surface area contributed by atoms with Crippen LogP contribution >= 0.6 is 0 Å². The van der Waals surface area contributed by atoms with Crippen LogP contribution in [0.2, 0.25) is 0 Å². The molecule has 0 aromatic heterocycles. The van der Waals surface area contributed by atoms with E-state index in [0.717, 1.165) is 12.1 Å². The fourth-order valence-corrected chi connectivity index (χ4v) is 2.33. The Balaban J connectivity index is 1.94. The van der Waals surface area contributed by atoms with Gasteiger partial charge in [-0.2, -0.15) is 0 Å². The summed E-state index contributed by atoms with van der Waals surface area (Å²) in [6, 6.07) is 2.91. The van der Waals surface area contributed by atoms with Crippen molar-refractivity contribution in [3.05, 3.63) is 35.4 Å².